The number of nitrogens with one attached hydrogen (secondary N) is 1. The fourth-order valence-corrected chi connectivity index (χ4v) is 2.32. The summed E-state index contributed by atoms with van der Waals surface area (Å²) < 4.78 is 1.78. The molecule has 1 atom stereocenters. The van der Waals surface area contributed by atoms with Gasteiger partial charge in [0.25, 0.3) is 5.91 Å². The van der Waals surface area contributed by atoms with Crippen molar-refractivity contribution in [3.8, 4) is 0 Å². The molecule has 0 aromatic carbocycles. The van der Waals surface area contributed by atoms with Crippen LogP contribution in [0.5, 0.6) is 0 Å². The fraction of sp³-hybridized carbons (Fsp3) is 0.667. The Balaban J connectivity index is 2.71. The van der Waals surface area contributed by atoms with E-state index in [1.165, 1.54) is 6.20 Å². The zero-order valence-corrected chi connectivity index (χ0v) is 13.4. The minimum atomic E-state index is -0.876. The second-order valence-electron chi connectivity index (χ2n) is 6.06. The highest BCUT2D eigenvalue weighted by molar-refractivity contribution is 5.95. The molecule has 2 N–H and O–H groups in total. The van der Waals surface area contributed by atoms with Gasteiger partial charge >= 0.3 is 5.97 Å². The summed E-state index contributed by atoms with van der Waals surface area (Å²) in [5.74, 6) is -1.43. The standard InChI is InChI=1S/C15H25N3O3/c1-9(2)6-12(15(20)21)7-16-14(19)13-8-17-18(10(3)4)11(13)5/h8-10,12H,6-7H2,1-5H3,(H,16,19)(H,20,21). The lowest BCUT2D eigenvalue weighted by molar-refractivity contribution is -0.142. The van der Waals surface area contributed by atoms with Crippen LogP contribution in [-0.2, 0) is 4.79 Å². The lowest BCUT2D eigenvalue weighted by atomic mass is 9.97. The zero-order valence-electron chi connectivity index (χ0n) is 13.4. The van der Waals surface area contributed by atoms with E-state index in [1.54, 1.807) is 4.68 Å². The van der Waals surface area contributed by atoms with E-state index in [4.69, 9.17) is 5.11 Å². The molecule has 1 amide bonds. The van der Waals surface area contributed by atoms with Crippen molar-refractivity contribution >= 4 is 11.9 Å². The monoisotopic (exact) mass is 295 g/mol. The maximum atomic E-state index is 12.2. The van der Waals surface area contributed by atoms with Gasteiger partial charge in [0.15, 0.2) is 0 Å². The highest BCUT2D eigenvalue weighted by Gasteiger charge is 2.21. The summed E-state index contributed by atoms with van der Waals surface area (Å²) in [5.41, 5.74) is 1.29. The third-order valence-corrected chi connectivity index (χ3v) is 3.39. The number of aliphatic carboxylic acids is 1. The maximum absolute atomic E-state index is 12.2. The van der Waals surface area contributed by atoms with Crippen LogP contribution in [0.25, 0.3) is 0 Å². The first kappa shape index (κ1) is 17.2. The molecule has 6 nitrogen and oxygen atoms in total. The Morgan fingerprint density at radius 1 is 1.33 bits per heavy atom. The van der Waals surface area contributed by atoms with Crippen LogP contribution in [0.4, 0.5) is 0 Å². The van der Waals surface area contributed by atoms with E-state index >= 15 is 0 Å². The highest BCUT2D eigenvalue weighted by atomic mass is 16.4. The Bertz CT molecular complexity index is 506. The maximum Gasteiger partial charge on any atom is 0.308 e. The summed E-state index contributed by atoms with van der Waals surface area (Å²) >= 11 is 0. The summed E-state index contributed by atoms with van der Waals surface area (Å²) in [4.78, 5) is 23.3. The highest BCUT2D eigenvalue weighted by Crippen LogP contribution is 2.14. The summed E-state index contributed by atoms with van der Waals surface area (Å²) in [7, 11) is 0. The van der Waals surface area contributed by atoms with Crippen LogP contribution in [-0.4, -0.2) is 33.3 Å². The molecule has 0 aliphatic heterocycles. The predicted molar refractivity (Wildman–Crippen MR) is 80.3 cm³/mol. The third kappa shape index (κ3) is 4.58. The lowest BCUT2D eigenvalue weighted by Gasteiger charge is -2.15. The van der Waals surface area contributed by atoms with E-state index in [9.17, 15) is 9.59 Å². The Labute approximate surface area is 125 Å². The zero-order chi connectivity index (χ0) is 16.2. The molecule has 0 spiro atoms. The Hall–Kier alpha value is -1.85. The summed E-state index contributed by atoms with van der Waals surface area (Å²) in [5, 5.41) is 16.1. The number of rotatable bonds is 7. The molecule has 1 aromatic heterocycles. The largest absolute Gasteiger partial charge is 0.481 e. The van der Waals surface area contributed by atoms with Crippen LogP contribution in [0.15, 0.2) is 6.20 Å². The molecule has 0 saturated carbocycles. The van der Waals surface area contributed by atoms with Crippen molar-refractivity contribution in [2.24, 2.45) is 11.8 Å². The van der Waals surface area contributed by atoms with Crippen LogP contribution in [0.1, 0.15) is 56.2 Å². The van der Waals surface area contributed by atoms with E-state index in [1.807, 2.05) is 34.6 Å². The second kappa shape index (κ2) is 7.24. The summed E-state index contributed by atoms with van der Waals surface area (Å²) in [6, 6.07) is 0.180. The van der Waals surface area contributed by atoms with Gasteiger partial charge in [-0.25, -0.2) is 0 Å². The average Bonchev–Trinajstić information content (AvgIpc) is 2.75. The first-order valence-electron chi connectivity index (χ1n) is 7.29. The van der Waals surface area contributed by atoms with Crippen molar-refractivity contribution in [3.05, 3.63) is 17.5 Å². The molecule has 21 heavy (non-hydrogen) atoms. The molecule has 0 bridgehead atoms. The number of nitrogens with zero attached hydrogens (tertiary/aromatic N) is 2. The van der Waals surface area contributed by atoms with Crippen molar-refractivity contribution in [2.75, 3.05) is 6.54 Å². The molecule has 6 heteroatoms. The number of carboxylic acids is 1. The van der Waals surface area contributed by atoms with E-state index in [2.05, 4.69) is 10.4 Å². The van der Waals surface area contributed by atoms with Gasteiger partial charge in [0.05, 0.1) is 17.7 Å². The number of carboxylic acid groups (broad SMARTS) is 1. The van der Waals surface area contributed by atoms with Gasteiger partial charge in [0, 0.05) is 18.3 Å². The fourth-order valence-electron chi connectivity index (χ4n) is 2.32. The van der Waals surface area contributed by atoms with Crippen LogP contribution < -0.4 is 5.32 Å². The Kier molecular flexibility index (Phi) is 5.93. The van der Waals surface area contributed by atoms with Gasteiger partial charge in [0.1, 0.15) is 0 Å². The molecule has 0 saturated heterocycles. The van der Waals surface area contributed by atoms with Crippen molar-refractivity contribution < 1.29 is 14.7 Å². The number of carbonyl (C=O) groups excluding carboxylic acids is 1. The minimum Gasteiger partial charge on any atom is -0.481 e. The van der Waals surface area contributed by atoms with E-state index in [-0.39, 0.29) is 24.4 Å². The molecule has 1 rings (SSSR count). The number of hydrogen-bond acceptors (Lipinski definition) is 3. The van der Waals surface area contributed by atoms with Crippen molar-refractivity contribution in [1.29, 1.82) is 0 Å². The summed E-state index contributed by atoms with van der Waals surface area (Å²) in [6.45, 7) is 9.89. The predicted octanol–water partition coefficient (Wildman–Crippen LogP) is 2.25. The molecule has 118 valence electrons. The third-order valence-electron chi connectivity index (χ3n) is 3.39. The average molecular weight is 295 g/mol. The molecular formula is C15H25N3O3. The second-order valence-corrected chi connectivity index (χ2v) is 6.06. The first-order valence-corrected chi connectivity index (χ1v) is 7.29. The van der Waals surface area contributed by atoms with E-state index < -0.39 is 11.9 Å². The lowest BCUT2D eigenvalue weighted by Crippen LogP contribution is -2.33. The molecule has 1 heterocycles. The van der Waals surface area contributed by atoms with Gasteiger partial charge in [0.2, 0.25) is 0 Å². The van der Waals surface area contributed by atoms with Crippen molar-refractivity contribution in [2.45, 2.75) is 47.1 Å². The molecule has 1 aromatic rings. The Morgan fingerprint density at radius 2 is 1.95 bits per heavy atom. The van der Waals surface area contributed by atoms with Crippen LogP contribution in [0, 0.1) is 18.8 Å². The number of aromatic nitrogens is 2. The number of amides is 1. The minimum absolute atomic E-state index is 0.138. The number of hydrogen-bond donors (Lipinski definition) is 2. The first-order chi connectivity index (χ1) is 9.73. The van der Waals surface area contributed by atoms with Gasteiger partial charge in [-0.2, -0.15) is 5.10 Å². The molecule has 0 aliphatic rings. The topological polar surface area (TPSA) is 84.2 Å². The molecule has 0 aliphatic carbocycles. The van der Waals surface area contributed by atoms with E-state index in [0.29, 0.717) is 12.0 Å². The molecule has 0 radical (unpaired) electrons. The smallest absolute Gasteiger partial charge is 0.308 e. The van der Waals surface area contributed by atoms with Gasteiger partial charge in [-0.1, -0.05) is 13.8 Å². The summed E-state index contributed by atoms with van der Waals surface area (Å²) in [6.07, 6.45) is 2.07. The van der Waals surface area contributed by atoms with E-state index in [0.717, 1.165) is 5.69 Å². The van der Waals surface area contributed by atoms with Crippen LogP contribution >= 0.6 is 0 Å². The Morgan fingerprint density at radius 3 is 2.38 bits per heavy atom. The van der Waals surface area contributed by atoms with Crippen LogP contribution in [0.2, 0.25) is 0 Å². The normalized spacial score (nSPS) is 12.7. The quantitative estimate of drug-likeness (QED) is 0.808. The number of carbonyl (C=O) groups is 2. The molecular weight excluding hydrogens is 270 g/mol. The van der Waals surface area contributed by atoms with Gasteiger partial charge in [-0.3, -0.25) is 14.3 Å². The van der Waals surface area contributed by atoms with Crippen molar-refractivity contribution in [3.63, 3.8) is 0 Å². The van der Waals surface area contributed by atoms with Gasteiger partial charge in [-0.05, 0) is 33.1 Å². The van der Waals surface area contributed by atoms with Crippen LogP contribution in [0.3, 0.4) is 0 Å². The van der Waals surface area contributed by atoms with Gasteiger partial charge < -0.3 is 10.4 Å². The molecule has 0 fully saturated rings. The molecule has 1 unspecified atom stereocenters. The van der Waals surface area contributed by atoms with Crippen molar-refractivity contribution in [1.82, 2.24) is 15.1 Å². The SMILES string of the molecule is Cc1c(C(=O)NCC(CC(C)C)C(=O)O)cnn1C(C)C. The van der Waals surface area contributed by atoms with Gasteiger partial charge in [-0.15, -0.1) is 0 Å².